The standard InChI is InChI=1S/C27H38/c1-3-5-7-9-11-13-22-15-17-24-21-25-18-16-23(14-12-10-8-6-4-2)20-27(25)26(24)19-22/h15-20H,3-14,21H2,1-2H3. The van der Waals surface area contributed by atoms with Gasteiger partial charge >= 0.3 is 0 Å². The summed E-state index contributed by atoms with van der Waals surface area (Å²) in [4.78, 5) is 0. The van der Waals surface area contributed by atoms with Crippen molar-refractivity contribution in [1.82, 2.24) is 0 Å². The summed E-state index contributed by atoms with van der Waals surface area (Å²) in [6.07, 6.45) is 17.3. The first-order valence-corrected chi connectivity index (χ1v) is 11.6. The average Bonchev–Trinajstić information content (AvgIpc) is 3.05. The molecule has 0 saturated carbocycles. The molecule has 0 unspecified atom stereocenters. The van der Waals surface area contributed by atoms with Crippen molar-refractivity contribution in [2.75, 3.05) is 0 Å². The third kappa shape index (κ3) is 5.71. The van der Waals surface area contributed by atoms with E-state index < -0.39 is 0 Å². The molecule has 0 nitrogen and oxygen atoms in total. The highest BCUT2D eigenvalue weighted by atomic mass is 14.2. The Kier molecular flexibility index (Phi) is 7.99. The molecule has 0 spiro atoms. The number of unbranched alkanes of at least 4 members (excludes halogenated alkanes) is 8. The zero-order valence-electron chi connectivity index (χ0n) is 17.7. The first-order chi connectivity index (χ1) is 13.3. The summed E-state index contributed by atoms with van der Waals surface area (Å²) in [5.41, 5.74) is 9.15. The van der Waals surface area contributed by atoms with Crippen molar-refractivity contribution in [3.63, 3.8) is 0 Å². The fraction of sp³-hybridized carbons (Fsp3) is 0.556. The Morgan fingerprint density at radius 2 is 1.00 bits per heavy atom. The van der Waals surface area contributed by atoms with E-state index in [0.717, 1.165) is 6.42 Å². The van der Waals surface area contributed by atoms with Crippen LogP contribution in [0.25, 0.3) is 11.1 Å². The molecule has 1 aliphatic rings. The van der Waals surface area contributed by atoms with Crippen LogP contribution in [0.15, 0.2) is 36.4 Å². The number of hydrogen-bond acceptors (Lipinski definition) is 0. The minimum atomic E-state index is 1.12. The Bertz CT molecular complexity index is 648. The summed E-state index contributed by atoms with van der Waals surface area (Å²) in [6, 6.07) is 14.5. The molecule has 0 N–H and O–H groups in total. The second kappa shape index (κ2) is 10.7. The minimum absolute atomic E-state index is 1.12. The molecular weight excluding hydrogens is 324 g/mol. The van der Waals surface area contributed by atoms with Crippen LogP contribution < -0.4 is 0 Å². The largest absolute Gasteiger partial charge is 0.0654 e. The lowest BCUT2D eigenvalue weighted by Crippen LogP contribution is -1.90. The van der Waals surface area contributed by atoms with Crippen LogP contribution in [0.5, 0.6) is 0 Å². The lowest BCUT2D eigenvalue weighted by Gasteiger charge is -2.08. The summed E-state index contributed by atoms with van der Waals surface area (Å²) in [6.45, 7) is 4.58. The molecule has 146 valence electrons. The van der Waals surface area contributed by atoms with Crippen LogP contribution in [-0.4, -0.2) is 0 Å². The van der Waals surface area contributed by atoms with Crippen molar-refractivity contribution < 1.29 is 0 Å². The molecule has 0 atom stereocenters. The SMILES string of the molecule is CCCCCCCc1ccc2c(c1)-c1cc(CCCCCCC)ccc1C2. The number of hydrogen-bond donors (Lipinski definition) is 0. The molecule has 0 radical (unpaired) electrons. The van der Waals surface area contributed by atoms with E-state index in [1.54, 1.807) is 0 Å². The number of rotatable bonds is 12. The second-order valence-electron chi connectivity index (χ2n) is 8.49. The highest BCUT2D eigenvalue weighted by molar-refractivity contribution is 5.77. The summed E-state index contributed by atoms with van der Waals surface area (Å²) in [7, 11) is 0. The molecule has 0 aliphatic heterocycles. The summed E-state index contributed by atoms with van der Waals surface area (Å²) < 4.78 is 0. The summed E-state index contributed by atoms with van der Waals surface area (Å²) >= 11 is 0. The van der Waals surface area contributed by atoms with Crippen LogP contribution in [0, 0.1) is 0 Å². The molecular formula is C27H38. The molecule has 0 bridgehead atoms. The monoisotopic (exact) mass is 362 g/mol. The predicted molar refractivity (Wildman–Crippen MR) is 120 cm³/mol. The Labute approximate surface area is 167 Å². The van der Waals surface area contributed by atoms with Gasteiger partial charge < -0.3 is 0 Å². The van der Waals surface area contributed by atoms with E-state index in [1.165, 1.54) is 110 Å². The van der Waals surface area contributed by atoms with Crippen LogP contribution in [-0.2, 0) is 19.3 Å². The van der Waals surface area contributed by atoms with Crippen molar-refractivity contribution in [1.29, 1.82) is 0 Å². The van der Waals surface area contributed by atoms with Crippen molar-refractivity contribution in [2.45, 2.75) is 97.3 Å². The number of fused-ring (bicyclic) bond motifs is 3. The molecule has 0 fully saturated rings. The Balaban J connectivity index is 1.61. The quantitative estimate of drug-likeness (QED) is 0.284. The first-order valence-electron chi connectivity index (χ1n) is 11.6. The van der Waals surface area contributed by atoms with E-state index in [0.29, 0.717) is 0 Å². The molecule has 2 aromatic carbocycles. The zero-order chi connectivity index (χ0) is 18.9. The molecule has 0 amide bonds. The normalized spacial score (nSPS) is 12.2. The fourth-order valence-corrected chi connectivity index (χ4v) is 4.44. The molecule has 1 aliphatic carbocycles. The number of aryl methyl sites for hydroxylation is 2. The summed E-state index contributed by atoms with van der Waals surface area (Å²) in [5.74, 6) is 0. The highest BCUT2D eigenvalue weighted by Crippen LogP contribution is 2.38. The van der Waals surface area contributed by atoms with Gasteiger partial charge in [-0.15, -0.1) is 0 Å². The maximum absolute atomic E-state index is 2.49. The molecule has 27 heavy (non-hydrogen) atoms. The van der Waals surface area contributed by atoms with Crippen LogP contribution in [0.2, 0.25) is 0 Å². The highest BCUT2D eigenvalue weighted by Gasteiger charge is 2.18. The van der Waals surface area contributed by atoms with Crippen molar-refractivity contribution >= 4 is 0 Å². The Morgan fingerprint density at radius 3 is 1.44 bits per heavy atom. The topological polar surface area (TPSA) is 0 Å². The fourth-order valence-electron chi connectivity index (χ4n) is 4.44. The Morgan fingerprint density at radius 1 is 0.556 bits per heavy atom. The van der Waals surface area contributed by atoms with Crippen LogP contribution in [0.4, 0.5) is 0 Å². The van der Waals surface area contributed by atoms with E-state index in [2.05, 4.69) is 50.2 Å². The van der Waals surface area contributed by atoms with Gasteiger partial charge in [0.2, 0.25) is 0 Å². The van der Waals surface area contributed by atoms with Gasteiger partial charge in [-0.05, 0) is 65.5 Å². The van der Waals surface area contributed by atoms with Gasteiger partial charge in [0.25, 0.3) is 0 Å². The molecule has 2 aromatic rings. The molecule has 0 aromatic heterocycles. The van der Waals surface area contributed by atoms with Gasteiger partial charge in [0.05, 0.1) is 0 Å². The van der Waals surface area contributed by atoms with Gasteiger partial charge in [-0.2, -0.15) is 0 Å². The van der Waals surface area contributed by atoms with Gasteiger partial charge in [-0.3, -0.25) is 0 Å². The van der Waals surface area contributed by atoms with Gasteiger partial charge in [0, 0.05) is 0 Å². The molecule has 0 saturated heterocycles. The van der Waals surface area contributed by atoms with Crippen LogP contribution >= 0.6 is 0 Å². The van der Waals surface area contributed by atoms with Gasteiger partial charge in [-0.25, -0.2) is 0 Å². The lowest BCUT2D eigenvalue weighted by atomic mass is 9.97. The van der Waals surface area contributed by atoms with Crippen molar-refractivity contribution in [3.8, 4) is 11.1 Å². The van der Waals surface area contributed by atoms with Gasteiger partial charge in [-0.1, -0.05) is 102 Å². The third-order valence-electron chi connectivity index (χ3n) is 6.16. The van der Waals surface area contributed by atoms with Crippen molar-refractivity contribution in [3.05, 3.63) is 58.7 Å². The minimum Gasteiger partial charge on any atom is -0.0654 e. The van der Waals surface area contributed by atoms with E-state index in [4.69, 9.17) is 0 Å². The maximum atomic E-state index is 2.49. The van der Waals surface area contributed by atoms with E-state index >= 15 is 0 Å². The van der Waals surface area contributed by atoms with Crippen LogP contribution in [0.1, 0.15) is 100 Å². The lowest BCUT2D eigenvalue weighted by molar-refractivity contribution is 0.632. The van der Waals surface area contributed by atoms with E-state index in [9.17, 15) is 0 Å². The van der Waals surface area contributed by atoms with E-state index in [1.807, 2.05) is 0 Å². The van der Waals surface area contributed by atoms with Crippen molar-refractivity contribution in [2.24, 2.45) is 0 Å². The maximum Gasteiger partial charge on any atom is -0.00134 e. The second-order valence-corrected chi connectivity index (χ2v) is 8.49. The predicted octanol–water partition coefficient (Wildman–Crippen LogP) is 8.28. The average molecular weight is 363 g/mol. The zero-order valence-corrected chi connectivity index (χ0v) is 17.7. The molecule has 0 heteroatoms. The molecule has 3 rings (SSSR count). The first kappa shape index (κ1) is 20.2. The smallest absolute Gasteiger partial charge is 0.00134 e. The molecule has 0 heterocycles. The summed E-state index contributed by atoms with van der Waals surface area (Å²) in [5, 5.41) is 0. The van der Waals surface area contributed by atoms with Gasteiger partial charge in [0.15, 0.2) is 0 Å². The van der Waals surface area contributed by atoms with E-state index in [-0.39, 0.29) is 0 Å². The van der Waals surface area contributed by atoms with Gasteiger partial charge in [0.1, 0.15) is 0 Å². The number of benzene rings is 2. The Hall–Kier alpha value is -1.56. The van der Waals surface area contributed by atoms with Crippen LogP contribution in [0.3, 0.4) is 0 Å². The third-order valence-corrected chi connectivity index (χ3v) is 6.16.